The molecule has 2 rings (SSSR count). The molecule has 1 heterocycles. The molecule has 0 radical (unpaired) electrons. The number of H-pyrrole nitrogens is 1. The topological polar surface area (TPSA) is 150 Å². The van der Waals surface area contributed by atoms with Gasteiger partial charge in [0, 0.05) is 0 Å². The molecule has 0 aliphatic heterocycles. The highest BCUT2D eigenvalue weighted by molar-refractivity contribution is 5.74. The molecule has 0 amide bonds. The molecular formula is C13H18N2O6. The predicted molar refractivity (Wildman–Crippen MR) is 72.2 cm³/mol. The fourth-order valence-electron chi connectivity index (χ4n) is 2.00. The van der Waals surface area contributed by atoms with Crippen molar-refractivity contribution in [3.8, 4) is 0 Å². The Morgan fingerprint density at radius 2 is 1.62 bits per heavy atom. The lowest BCUT2D eigenvalue weighted by molar-refractivity contribution is -0.142. The number of rotatable bonds is 6. The number of aliphatic hydroxyl groups is 6. The summed E-state index contributed by atoms with van der Waals surface area (Å²) in [6, 6.07) is 6.95. The van der Waals surface area contributed by atoms with Crippen LogP contribution in [-0.2, 0) is 0 Å². The summed E-state index contributed by atoms with van der Waals surface area (Å²) in [4.78, 5) is 6.86. The number of para-hydroxylation sites is 2. The third-order valence-electron chi connectivity index (χ3n) is 3.29. The number of nitrogens with one attached hydrogen (secondary N) is 1. The molecule has 21 heavy (non-hydrogen) atoms. The molecular weight excluding hydrogens is 280 g/mol. The number of fused-ring (bicyclic) bond motifs is 1. The first-order valence-electron chi connectivity index (χ1n) is 6.41. The van der Waals surface area contributed by atoms with Crippen LogP contribution >= 0.6 is 0 Å². The maximum atomic E-state index is 10.0. The molecule has 7 N–H and O–H groups in total. The fraction of sp³-hybridized carbons (Fsp3) is 0.462. The Hall–Kier alpha value is -1.55. The first-order valence-corrected chi connectivity index (χ1v) is 6.41. The first-order chi connectivity index (χ1) is 9.95. The number of hydrogen-bond acceptors (Lipinski definition) is 7. The zero-order valence-electron chi connectivity index (χ0n) is 11.0. The number of nitrogens with zero attached hydrogens (tertiary/aromatic N) is 1. The van der Waals surface area contributed by atoms with Gasteiger partial charge in [0.25, 0.3) is 0 Å². The van der Waals surface area contributed by atoms with Gasteiger partial charge >= 0.3 is 0 Å². The molecule has 0 aliphatic rings. The quantitative estimate of drug-likeness (QED) is 0.327. The molecule has 8 heteroatoms. The van der Waals surface area contributed by atoms with Crippen LogP contribution < -0.4 is 0 Å². The largest absolute Gasteiger partial charge is 0.394 e. The second-order valence-corrected chi connectivity index (χ2v) is 4.81. The third-order valence-corrected chi connectivity index (χ3v) is 3.29. The van der Waals surface area contributed by atoms with Crippen LogP contribution in [0.4, 0.5) is 0 Å². The summed E-state index contributed by atoms with van der Waals surface area (Å²) >= 11 is 0. The molecule has 116 valence electrons. The third kappa shape index (κ3) is 3.21. The molecule has 0 aliphatic carbocycles. The Bertz CT molecular complexity index is 556. The summed E-state index contributed by atoms with van der Waals surface area (Å²) < 4.78 is 0. The van der Waals surface area contributed by atoms with Crippen LogP contribution in [-0.4, -0.2) is 71.6 Å². The molecule has 2 aromatic rings. The van der Waals surface area contributed by atoms with Crippen LogP contribution in [0.1, 0.15) is 11.9 Å². The standard InChI is InChI=1S/C13H18N2O6/c16-5-8(17)9(18)10(19)11(20)12(21)13-14-6-3-1-2-4-7(6)15-13/h1-4,8-12,16-21H,5H2,(H,14,15)/t8-,9-,10-,11-,12-/m0/s1. The maximum Gasteiger partial charge on any atom is 0.140 e. The van der Waals surface area contributed by atoms with Crippen molar-refractivity contribution < 1.29 is 30.6 Å². The van der Waals surface area contributed by atoms with E-state index in [-0.39, 0.29) is 5.82 Å². The van der Waals surface area contributed by atoms with E-state index in [0.29, 0.717) is 11.0 Å². The van der Waals surface area contributed by atoms with Crippen molar-refractivity contribution >= 4 is 11.0 Å². The van der Waals surface area contributed by atoms with E-state index in [4.69, 9.17) is 5.11 Å². The number of imidazole rings is 1. The molecule has 5 atom stereocenters. The summed E-state index contributed by atoms with van der Waals surface area (Å²) in [7, 11) is 0. The smallest absolute Gasteiger partial charge is 0.140 e. The number of benzene rings is 1. The van der Waals surface area contributed by atoms with Crippen molar-refractivity contribution in [2.24, 2.45) is 0 Å². The highest BCUT2D eigenvalue weighted by Crippen LogP contribution is 2.21. The minimum Gasteiger partial charge on any atom is -0.394 e. The Morgan fingerprint density at radius 1 is 0.952 bits per heavy atom. The van der Waals surface area contributed by atoms with Crippen molar-refractivity contribution in [3.63, 3.8) is 0 Å². The van der Waals surface area contributed by atoms with Crippen LogP contribution in [0, 0.1) is 0 Å². The van der Waals surface area contributed by atoms with Gasteiger partial charge in [0.15, 0.2) is 0 Å². The summed E-state index contributed by atoms with van der Waals surface area (Å²) in [6.45, 7) is -0.786. The van der Waals surface area contributed by atoms with Crippen LogP contribution in [0.25, 0.3) is 11.0 Å². The average Bonchev–Trinajstić information content (AvgIpc) is 2.95. The van der Waals surface area contributed by atoms with E-state index in [2.05, 4.69) is 9.97 Å². The normalized spacial score (nSPS) is 19.1. The molecule has 1 aromatic heterocycles. The van der Waals surface area contributed by atoms with E-state index < -0.39 is 37.1 Å². The van der Waals surface area contributed by atoms with Crippen LogP contribution in [0.15, 0.2) is 24.3 Å². The Morgan fingerprint density at radius 3 is 2.24 bits per heavy atom. The van der Waals surface area contributed by atoms with Gasteiger partial charge in [0.05, 0.1) is 17.6 Å². The van der Waals surface area contributed by atoms with Crippen molar-refractivity contribution in [3.05, 3.63) is 30.1 Å². The van der Waals surface area contributed by atoms with Crippen molar-refractivity contribution in [1.29, 1.82) is 0 Å². The first kappa shape index (κ1) is 15.8. The van der Waals surface area contributed by atoms with E-state index in [0.717, 1.165) is 0 Å². The lowest BCUT2D eigenvalue weighted by atomic mass is 9.99. The van der Waals surface area contributed by atoms with Crippen molar-refractivity contribution in [1.82, 2.24) is 9.97 Å². The number of aromatic nitrogens is 2. The highest BCUT2D eigenvalue weighted by Gasteiger charge is 2.35. The van der Waals surface area contributed by atoms with Gasteiger partial charge < -0.3 is 35.6 Å². The van der Waals surface area contributed by atoms with E-state index in [1.807, 2.05) is 0 Å². The lowest BCUT2D eigenvalue weighted by Crippen LogP contribution is -2.47. The molecule has 0 fully saturated rings. The van der Waals surface area contributed by atoms with Gasteiger partial charge in [-0.3, -0.25) is 0 Å². The number of aliphatic hydroxyl groups excluding tert-OH is 6. The minimum atomic E-state index is -1.85. The van der Waals surface area contributed by atoms with Crippen LogP contribution in [0.3, 0.4) is 0 Å². The van der Waals surface area contributed by atoms with Gasteiger partial charge in [-0.1, -0.05) is 12.1 Å². The Balaban J connectivity index is 2.16. The molecule has 0 unspecified atom stereocenters. The number of aromatic amines is 1. The summed E-state index contributed by atoms with van der Waals surface area (Å²) in [5.41, 5.74) is 1.22. The minimum absolute atomic E-state index is 0.0217. The average molecular weight is 298 g/mol. The SMILES string of the molecule is OC[C@H](O)[C@H](O)[C@H](O)[C@H](O)[C@H](O)c1nc2ccccc2[nH]1. The monoisotopic (exact) mass is 298 g/mol. The summed E-state index contributed by atoms with van der Waals surface area (Å²) in [5.74, 6) is 0.0217. The Kier molecular flexibility index (Phi) is 4.88. The highest BCUT2D eigenvalue weighted by atomic mass is 16.4. The van der Waals surface area contributed by atoms with Gasteiger partial charge in [-0.15, -0.1) is 0 Å². The molecule has 0 saturated carbocycles. The Labute approximate surface area is 119 Å². The second-order valence-electron chi connectivity index (χ2n) is 4.81. The van der Waals surface area contributed by atoms with Gasteiger partial charge in [-0.25, -0.2) is 4.98 Å². The molecule has 1 aromatic carbocycles. The second kappa shape index (κ2) is 6.48. The molecule has 8 nitrogen and oxygen atoms in total. The van der Waals surface area contributed by atoms with Gasteiger partial charge in [-0.05, 0) is 12.1 Å². The van der Waals surface area contributed by atoms with Crippen LogP contribution in [0.2, 0.25) is 0 Å². The van der Waals surface area contributed by atoms with E-state index in [1.54, 1.807) is 24.3 Å². The van der Waals surface area contributed by atoms with Gasteiger partial charge in [-0.2, -0.15) is 0 Å². The van der Waals surface area contributed by atoms with E-state index in [9.17, 15) is 25.5 Å². The van der Waals surface area contributed by atoms with Gasteiger partial charge in [0.1, 0.15) is 36.3 Å². The zero-order chi connectivity index (χ0) is 15.6. The fourth-order valence-corrected chi connectivity index (χ4v) is 2.00. The maximum absolute atomic E-state index is 10.0. The van der Waals surface area contributed by atoms with Gasteiger partial charge in [0.2, 0.25) is 0 Å². The van der Waals surface area contributed by atoms with E-state index in [1.165, 1.54) is 0 Å². The summed E-state index contributed by atoms with van der Waals surface area (Å²) in [5, 5.41) is 57.1. The zero-order valence-corrected chi connectivity index (χ0v) is 11.0. The molecule has 0 saturated heterocycles. The molecule has 0 spiro atoms. The van der Waals surface area contributed by atoms with Crippen LogP contribution in [0.5, 0.6) is 0 Å². The summed E-state index contributed by atoms with van der Waals surface area (Å²) in [6.07, 6.45) is -8.66. The predicted octanol–water partition coefficient (Wildman–Crippen LogP) is -1.97. The lowest BCUT2D eigenvalue weighted by Gasteiger charge is -2.27. The number of hydrogen-bond donors (Lipinski definition) is 7. The van der Waals surface area contributed by atoms with Crippen molar-refractivity contribution in [2.75, 3.05) is 6.61 Å². The van der Waals surface area contributed by atoms with E-state index >= 15 is 0 Å². The van der Waals surface area contributed by atoms with Crippen molar-refractivity contribution in [2.45, 2.75) is 30.5 Å². The molecule has 0 bridgehead atoms.